The van der Waals surface area contributed by atoms with Crippen LogP contribution in [0.5, 0.6) is 0 Å². The van der Waals surface area contributed by atoms with Crippen LogP contribution in [0.1, 0.15) is 26.2 Å². The summed E-state index contributed by atoms with van der Waals surface area (Å²) in [6.45, 7) is 5.42. The van der Waals surface area contributed by atoms with Crippen molar-refractivity contribution in [2.45, 2.75) is 32.2 Å². The van der Waals surface area contributed by atoms with Gasteiger partial charge in [0.1, 0.15) is 0 Å². The van der Waals surface area contributed by atoms with E-state index >= 15 is 0 Å². The lowest BCUT2D eigenvalue weighted by atomic mass is 10.2. The summed E-state index contributed by atoms with van der Waals surface area (Å²) in [5.74, 6) is 0.305. The first-order valence-electron chi connectivity index (χ1n) is 5.85. The van der Waals surface area contributed by atoms with Gasteiger partial charge in [0.2, 0.25) is 10.0 Å². The van der Waals surface area contributed by atoms with E-state index in [1.807, 2.05) is 6.92 Å². The Hall–Kier alpha value is -0.130. The summed E-state index contributed by atoms with van der Waals surface area (Å²) in [6, 6.07) is 0.491. The number of hydrogen-bond donors (Lipinski definition) is 0. The fourth-order valence-electron chi connectivity index (χ4n) is 2.60. The van der Waals surface area contributed by atoms with Gasteiger partial charge in [0.25, 0.3) is 0 Å². The van der Waals surface area contributed by atoms with Crippen molar-refractivity contribution in [3.8, 4) is 0 Å². The van der Waals surface area contributed by atoms with Crippen LogP contribution in [0.15, 0.2) is 0 Å². The SMILES string of the molecule is CCCS(=O)(=O)N1CCN2CCCC2C1. The van der Waals surface area contributed by atoms with Gasteiger partial charge >= 0.3 is 0 Å². The minimum absolute atomic E-state index is 0.305. The molecule has 0 aliphatic carbocycles. The van der Waals surface area contributed by atoms with E-state index in [1.54, 1.807) is 4.31 Å². The molecule has 0 bridgehead atoms. The summed E-state index contributed by atoms with van der Waals surface area (Å²) in [7, 11) is -2.97. The molecular weight excluding hydrogens is 212 g/mol. The van der Waals surface area contributed by atoms with Crippen molar-refractivity contribution in [1.29, 1.82) is 0 Å². The second kappa shape index (κ2) is 4.39. The van der Waals surface area contributed by atoms with Gasteiger partial charge in [-0.25, -0.2) is 8.42 Å². The molecule has 2 rings (SSSR count). The van der Waals surface area contributed by atoms with Crippen LogP contribution in [0.3, 0.4) is 0 Å². The van der Waals surface area contributed by atoms with Gasteiger partial charge in [0.05, 0.1) is 5.75 Å². The summed E-state index contributed by atoms with van der Waals surface area (Å²) < 4.78 is 25.5. The van der Waals surface area contributed by atoms with Crippen molar-refractivity contribution in [2.75, 3.05) is 31.9 Å². The van der Waals surface area contributed by atoms with Gasteiger partial charge in [-0.3, -0.25) is 4.90 Å². The number of hydrogen-bond acceptors (Lipinski definition) is 3. The molecule has 2 saturated heterocycles. The van der Waals surface area contributed by atoms with Crippen molar-refractivity contribution in [3.63, 3.8) is 0 Å². The first-order valence-corrected chi connectivity index (χ1v) is 7.46. The molecule has 2 heterocycles. The maximum absolute atomic E-state index is 11.9. The topological polar surface area (TPSA) is 40.6 Å². The summed E-state index contributed by atoms with van der Waals surface area (Å²) in [6.07, 6.45) is 3.11. The Bertz CT molecular complexity index is 315. The molecule has 5 heteroatoms. The van der Waals surface area contributed by atoms with E-state index in [9.17, 15) is 8.42 Å². The Kier molecular flexibility index (Phi) is 3.33. The zero-order chi connectivity index (χ0) is 10.9. The van der Waals surface area contributed by atoms with Crippen LogP contribution in [-0.4, -0.2) is 55.6 Å². The van der Waals surface area contributed by atoms with E-state index in [4.69, 9.17) is 0 Å². The fourth-order valence-corrected chi connectivity index (χ4v) is 4.14. The van der Waals surface area contributed by atoms with E-state index in [0.29, 0.717) is 24.8 Å². The first kappa shape index (κ1) is 11.4. The molecule has 2 fully saturated rings. The van der Waals surface area contributed by atoms with E-state index in [-0.39, 0.29) is 0 Å². The second-order valence-electron chi connectivity index (χ2n) is 4.51. The highest BCUT2D eigenvalue weighted by Gasteiger charge is 2.34. The summed E-state index contributed by atoms with van der Waals surface area (Å²) >= 11 is 0. The van der Waals surface area contributed by atoms with Gasteiger partial charge in [-0.15, -0.1) is 0 Å². The van der Waals surface area contributed by atoms with Crippen molar-refractivity contribution in [3.05, 3.63) is 0 Å². The maximum Gasteiger partial charge on any atom is 0.214 e. The predicted molar refractivity (Wildman–Crippen MR) is 60.2 cm³/mol. The molecule has 0 aromatic heterocycles. The standard InChI is InChI=1S/C10H20N2O2S/c1-2-8-15(13,14)12-7-6-11-5-3-4-10(11)9-12/h10H,2-9H2,1H3. The molecular formula is C10H20N2O2S. The molecule has 0 radical (unpaired) electrons. The molecule has 2 aliphatic rings. The van der Waals surface area contributed by atoms with Crippen LogP contribution in [0.4, 0.5) is 0 Å². The summed E-state index contributed by atoms with van der Waals surface area (Å²) in [5, 5.41) is 0. The Morgan fingerprint density at radius 3 is 2.80 bits per heavy atom. The zero-order valence-corrected chi connectivity index (χ0v) is 10.2. The number of nitrogens with zero attached hydrogens (tertiary/aromatic N) is 2. The maximum atomic E-state index is 11.9. The van der Waals surface area contributed by atoms with Gasteiger partial charge in [-0.05, 0) is 25.8 Å². The normalized spacial score (nSPS) is 29.3. The molecule has 2 aliphatic heterocycles. The molecule has 15 heavy (non-hydrogen) atoms. The molecule has 0 aromatic rings. The predicted octanol–water partition coefficient (Wildman–Crippen LogP) is 0.506. The van der Waals surface area contributed by atoms with Crippen molar-refractivity contribution in [1.82, 2.24) is 9.21 Å². The van der Waals surface area contributed by atoms with Crippen molar-refractivity contribution < 1.29 is 8.42 Å². The van der Waals surface area contributed by atoms with E-state index in [2.05, 4.69) is 4.90 Å². The Morgan fingerprint density at radius 1 is 1.27 bits per heavy atom. The van der Waals surface area contributed by atoms with Crippen LogP contribution in [0.25, 0.3) is 0 Å². The van der Waals surface area contributed by atoms with Crippen LogP contribution in [0.2, 0.25) is 0 Å². The lowest BCUT2D eigenvalue weighted by Crippen LogP contribution is -2.52. The Balaban J connectivity index is 2.00. The molecule has 0 spiro atoms. The summed E-state index contributed by atoms with van der Waals surface area (Å²) in [5.41, 5.74) is 0. The Morgan fingerprint density at radius 2 is 2.07 bits per heavy atom. The van der Waals surface area contributed by atoms with E-state index in [1.165, 1.54) is 6.42 Å². The van der Waals surface area contributed by atoms with Crippen molar-refractivity contribution >= 4 is 10.0 Å². The second-order valence-corrected chi connectivity index (χ2v) is 6.59. The largest absolute Gasteiger partial charge is 0.298 e. The van der Waals surface area contributed by atoms with Gasteiger partial charge in [-0.1, -0.05) is 6.92 Å². The van der Waals surface area contributed by atoms with E-state index in [0.717, 1.165) is 26.1 Å². The minimum atomic E-state index is -2.97. The van der Waals surface area contributed by atoms with Crippen molar-refractivity contribution in [2.24, 2.45) is 0 Å². The quantitative estimate of drug-likeness (QED) is 0.712. The molecule has 0 N–H and O–H groups in total. The monoisotopic (exact) mass is 232 g/mol. The highest BCUT2D eigenvalue weighted by Crippen LogP contribution is 2.23. The number of fused-ring (bicyclic) bond motifs is 1. The third-order valence-corrected chi connectivity index (χ3v) is 5.45. The Labute approximate surface area is 92.3 Å². The van der Waals surface area contributed by atoms with Gasteiger partial charge < -0.3 is 0 Å². The number of sulfonamides is 1. The summed E-state index contributed by atoms with van der Waals surface area (Å²) in [4.78, 5) is 2.43. The average Bonchev–Trinajstić information content (AvgIpc) is 2.63. The third-order valence-electron chi connectivity index (χ3n) is 3.41. The lowest BCUT2D eigenvalue weighted by Gasteiger charge is -2.36. The molecule has 0 amide bonds. The average molecular weight is 232 g/mol. The van der Waals surface area contributed by atoms with Crippen LogP contribution in [-0.2, 0) is 10.0 Å². The fraction of sp³-hybridized carbons (Fsp3) is 1.00. The van der Waals surface area contributed by atoms with Crippen LogP contribution in [0, 0.1) is 0 Å². The van der Waals surface area contributed by atoms with Gasteiger partial charge in [0, 0.05) is 25.7 Å². The molecule has 4 nitrogen and oxygen atoms in total. The highest BCUT2D eigenvalue weighted by atomic mass is 32.2. The highest BCUT2D eigenvalue weighted by molar-refractivity contribution is 7.89. The zero-order valence-electron chi connectivity index (χ0n) is 9.35. The minimum Gasteiger partial charge on any atom is -0.298 e. The third kappa shape index (κ3) is 2.34. The molecule has 1 atom stereocenters. The number of piperazine rings is 1. The first-order chi connectivity index (χ1) is 7.13. The molecule has 88 valence electrons. The van der Waals surface area contributed by atoms with Gasteiger partial charge in [-0.2, -0.15) is 4.31 Å². The smallest absolute Gasteiger partial charge is 0.214 e. The molecule has 1 unspecified atom stereocenters. The van der Waals surface area contributed by atoms with E-state index < -0.39 is 10.0 Å². The van der Waals surface area contributed by atoms with Gasteiger partial charge in [0.15, 0.2) is 0 Å². The lowest BCUT2D eigenvalue weighted by molar-refractivity contribution is 0.158. The molecule has 0 aromatic carbocycles. The molecule has 0 saturated carbocycles. The number of rotatable bonds is 3. The van der Waals surface area contributed by atoms with Crippen LogP contribution >= 0.6 is 0 Å². The van der Waals surface area contributed by atoms with Crippen LogP contribution < -0.4 is 0 Å².